The molecule has 0 fully saturated rings. The van der Waals surface area contributed by atoms with E-state index in [4.69, 9.17) is 4.98 Å². The quantitative estimate of drug-likeness (QED) is 0.184. The van der Waals surface area contributed by atoms with Gasteiger partial charge in [-0.2, -0.15) is 5.26 Å². The third-order valence-electron chi connectivity index (χ3n) is 10.1. The van der Waals surface area contributed by atoms with Gasteiger partial charge in [0.1, 0.15) is 0 Å². The van der Waals surface area contributed by atoms with Gasteiger partial charge in [-0.1, -0.05) is 103 Å². The highest BCUT2D eigenvalue weighted by molar-refractivity contribution is 6.12. The molecular formula is C48H30N4. The smallest absolute Gasteiger partial charge is 0.0991 e. The maximum absolute atomic E-state index is 9.76. The fraction of sp³-hybridized carbons (Fsp3) is 0. The van der Waals surface area contributed by atoms with Gasteiger partial charge in [-0.15, -0.1) is 0 Å². The summed E-state index contributed by atoms with van der Waals surface area (Å²) in [6.07, 6.45) is 0. The van der Waals surface area contributed by atoms with Crippen LogP contribution in [0.25, 0.3) is 88.6 Å². The van der Waals surface area contributed by atoms with Crippen molar-refractivity contribution < 1.29 is 0 Å². The second kappa shape index (κ2) is 12.0. The van der Waals surface area contributed by atoms with Gasteiger partial charge in [0.05, 0.1) is 45.1 Å². The molecule has 10 rings (SSSR count). The third-order valence-corrected chi connectivity index (χ3v) is 10.1. The van der Waals surface area contributed by atoms with Crippen molar-refractivity contribution in [3.8, 4) is 51.1 Å². The number of hydrogen-bond donors (Lipinski definition) is 0. The molecule has 4 nitrogen and oxygen atoms in total. The zero-order valence-electron chi connectivity index (χ0n) is 28.1. The minimum Gasteiger partial charge on any atom is -0.309 e. The lowest BCUT2D eigenvalue weighted by Gasteiger charge is -2.15. The fourth-order valence-corrected chi connectivity index (χ4v) is 7.77. The van der Waals surface area contributed by atoms with E-state index in [1.807, 2.05) is 36.4 Å². The van der Waals surface area contributed by atoms with Crippen molar-refractivity contribution in [3.05, 3.63) is 188 Å². The second-order valence-corrected chi connectivity index (χ2v) is 13.2. The molecule has 0 radical (unpaired) electrons. The Morgan fingerprint density at radius 2 is 0.904 bits per heavy atom. The first kappa shape index (κ1) is 29.7. The Hall–Kier alpha value is -7.22. The van der Waals surface area contributed by atoms with Crippen LogP contribution in [0.1, 0.15) is 5.56 Å². The molecule has 52 heavy (non-hydrogen) atoms. The molecule has 0 amide bonds. The molecule has 10 aromatic rings. The number of benzene rings is 7. The molecule has 4 heteroatoms. The van der Waals surface area contributed by atoms with Crippen LogP contribution in [0.4, 0.5) is 0 Å². The van der Waals surface area contributed by atoms with Crippen molar-refractivity contribution in [1.29, 1.82) is 5.26 Å². The van der Waals surface area contributed by atoms with Crippen LogP contribution < -0.4 is 0 Å². The van der Waals surface area contributed by atoms with Gasteiger partial charge in [-0.05, 0) is 90.0 Å². The van der Waals surface area contributed by atoms with Crippen LogP contribution >= 0.6 is 0 Å². The van der Waals surface area contributed by atoms with Gasteiger partial charge in [0, 0.05) is 44.0 Å². The van der Waals surface area contributed by atoms with Crippen LogP contribution in [0.2, 0.25) is 0 Å². The normalized spacial score (nSPS) is 11.4. The van der Waals surface area contributed by atoms with Crippen LogP contribution in [0.3, 0.4) is 0 Å². The molecule has 0 saturated heterocycles. The predicted octanol–water partition coefficient (Wildman–Crippen LogP) is 12.1. The van der Waals surface area contributed by atoms with Gasteiger partial charge in [0.2, 0.25) is 0 Å². The van der Waals surface area contributed by atoms with E-state index in [2.05, 4.69) is 161 Å². The molecule has 0 aliphatic carbocycles. The summed E-state index contributed by atoms with van der Waals surface area (Å²) < 4.78 is 4.74. The Labute approximate surface area is 300 Å². The number of pyridine rings is 1. The topological polar surface area (TPSA) is 46.5 Å². The number of para-hydroxylation sites is 3. The van der Waals surface area contributed by atoms with Crippen molar-refractivity contribution >= 4 is 43.6 Å². The van der Waals surface area contributed by atoms with Crippen LogP contribution in [-0.2, 0) is 0 Å². The molecule has 0 N–H and O–H groups in total. The van der Waals surface area contributed by atoms with Gasteiger partial charge in [-0.25, -0.2) is 4.98 Å². The van der Waals surface area contributed by atoms with Crippen LogP contribution in [-0.4, -0.2) is 14.1 Å². The largest absolute Gasteiger partial charge is 0.309 e. The van der Waals surface area contributed by atoms with Gasteiger partial charge in [0.15, 0.2) is 0 Å². The lowest BCUT2D eigenvalue weighted by Crippen LogP contribution is -1.98. The Morgan fingerprint density at radius 3 is 1.60 bits per heavy atom. The molecule has 242 valence electrons. The van der Waals surface area contributed by atoms with Gasteiger partial charge in [0.25, 0.3) is 0 Å². The van der Waals surface area contributed by atoms with Gasteiger partial charge < -0.3 is 9.13 Å². The maximum atomic E-state index is 9.76. The lowest BCUT2D eigenvalue weighted by molar-refractivity contribution is 1.16. The Morgan fingerprint density at radius 1 is 0.365 bits per heavy atom. The van der Waals surface area contributed by atoms with Crippen molar-refractivity contribution in [2.24, 2.45) is 0 Å². The molecule has 3 aromatic heterocycles. The average Bonchev–Trinajstić information content (AvgIpc) is 3.74. The molecule has 0 saturated carbocycles. The summed E-state index contributed by atoms with van der Waals surface area (Å²) in [5.41, 5.74) is 13.3. The van der Waals surface area contributed by atoms with E-state index in [0.717, 1.165) is 56.0 Å². The van der Waals surface area contributed by atoms with E-state index in [1.54, 1.807) is 0 Å². The van der Waals surface area contributed by atoms with Crippen LogP contribution in [0.5, 0.6) is 0 Å². The van der Waals surface area contributed by atoms with E-state index in [9.17, 15) is 5.26 Å². The second-order valence-electron chi connectivity index (χ2n) is 13.2. The first-order valence-electron chi connectivity index (χ1n) is 17.4. The summed E-state index contributed by atoms with van der Waals surface area (Å²) in [5.74, 6) is 0. The molecule has 0 aliphatic heterocycles. The molecule has 0 aliphatic rings. The number of rotatable bonds is 5. The zero-order chi connectivity index (χ0) is 34.6. The van der Waals surface area contributed by atoms with E-state index >= 15 is 0 Å². The third kappa shape index (κ3) is 4.80. The zero-order valence-corrected chi connectivity index (χ0v) is 28.1. The summed E-state index contributed by atoms with van der Waals surface area (Å²) in [4.78, 5) is 5.15. The van der Waals surface area contributed by atoms with Gasteiger partial charge in [-0.3, -0.25) is 0 Å². The number of aromatic nitrogens is 3. The minimum absolute atomic E-state index is 0.628. The molecule has 0 unspecified atom stereocenters. The van der Waals surface area contributed by atoms with E-state index in [1.165, 1.54) is 32.6 Å². The highest BCUT2D eigenvalue weighted by atomic mass is 15.0. The van der Waals surface area contributed by atoms with E-state index in [-0.39, 0.29) is 0 Å². The van der Waals surface area contributed by atoms with Gasteiger partial charge >= 0.3 is 0 Å². The number of fused-ring (bicyclic) bond motifs is 6. The van der Waals surface area contributed by atoms with Crippen molar-refractivity contribution in [1.82, 2.24) is 14.1 Å². The van der Waals surface area contributed by atoms with Crippen LogP contribution in [0, 0.1) is 11.3 Å². The summed E-state index contributed by atoms with van der Waals surface area (Å²) in [6.45, 7) is 0. The summed E-state index contributed by atoms with van der Waals surface area (Å²) in [6, 6.07) is 66.0. The molecule has 0 spiro atoms. The SMILES string of the molecule is N#Cc1cccc(-c2cc(-c3cccc(-c4ccccc4)n3)cc(-n3c4ccccc4c4cc(-n5c6ccccc6c6ccccc65)ccc43)c2)c1. The van der Waals surface area contributed by atoms with Crippen LogP contribution in [0.15, 0.2) is 182 Å². The number of nitriles is 1. The highest BCUT2D eigenvalue weighted by Crippen LogP contribution is 2.39. The summed E-state index contributed by atoms with van der Waals surface area (Å²) >= 11 is 0. The fourth-order valence-electron chi connectivity index (χ4n) is 7.77. The number of nitrogens with zero attached hydrogens (tertiary/aromatic N) is 4. The molecule has 0 atom stereocenters. The van der Waals surface area contributed by atoms with Crippen molar-refractivity contribution in [2.45, 2.75) is 0 Å². The molecule has 0 bridgehead atoms. The molecular weight excluding hydrogens is 633 g/mol. The summed E-state index contributed by atoms with van der Waals surface area (Å²) in [7, 11) is 0. The summed E-state index contributed by atoms with van der Waals surface area (Å²) in [5, 5.41) is 14.6. The number of hydrogen-bond acceptors (Lipinski definition) is 2. The Bertz CT molecular complexity index is 2980. The molecule has 7 aromatic carbocycles. The standard InChI is InChI=1S/C48H30N4/c49-31-32-12-10-15-34(26-32)35-27-36(44-20-11-19-43(50-44)33-13-2-1-3-14-33)29-38(28-35)52-47-23-9-6-18-41(47)42-30-37(24-25-48(42)52)51-45-21-7-4-16-39(45)40-17-5-8-22-46(40)51/h1-30H. The Kier molecular flexibility index (Phi) is 6.84. The van der Waals surface area contributed by atoms with Crippen molar-refractivity contribution in [3.63, 3.8) is 0 Å². The molecule has 3 heterocycles. The van der Waals surface area contributed by atoms with Crippen molar-refractivity contribution in [2.75, 3.05) is 0 Å². The predicted molar refractivity (Wildman–Crippen MR) is 214 cm³/mol. The Balaban J connectivity index is 1.22. The van der Waals surface area contributed by atoms with E-state index < -0.39 is 0 Å². The first-order chi connectivity index (χ1) is 25.7. The minimum atomic E-state index is 0.628. The maximum Gasteiger partial charge on any atom is 0.0991 e. The van der Waals surface area contributed by atoms with E-state index in [0.29, 0.717) is 5.56 Å². The average molecular weight is 663 g/mol. The first-order valence-corrected chi connectivity index (χ1v) is 17.4. The highest BCUT2D eigenvalue weighted by Gasteiger charge is 2.18. The monoisotopic (exact) mass is 662 g/mol. The lowest BCUT2D eigenvalue weighted by atomic mass is 9.98.